The summed E-state index contributed by atoms with van der Waals surface area (Å²) in [4.78, 5) is 11.2. The van der Waals surface area contributed by atoms with Crippen molar-refractivity contribution in [1.82, 2.24) is 0 Å². The zero-order chi connectivity index (χ0) is 14.0. The van der Waals surface area contributed by atoms with Gasteiger partial charge in [0, 0.05) is 5.56 Å². The predicted molar refractivity (Wildman–Crippen MR) is 56.7 cm³/mol. The summed E-state index contributed by atoms with van der Waals surface area (Å²) in [5.41, 5.74) is -0.939. The number of nitrogens with zero attached hydrogens (tertiary/aromatic N) is 1. The van der Waals surface area contributed by atoms with E-state index in [9.17, 15) is 18.0 Å². The lowest BCUT2D eigenvalue weighted by molar-refractivity contribution is -0.141. The molecule has 0 spiro atoms. The van der Waals surface area contributed by atoms with Gasteiger partial charge in [-0.2, -0.15) is 5.26 Å². The van der Waals surface area contributed by atoms with E-state index in [4.69, 9.17) is 28.5 Å². The number of nitriles is 1. The Kier molecular flexibility index (Phi) is 4.43. The fourth-order valence-corrected chi connectivity index (χ4v) is 1.74. The van der Waals surface area contributed by atoms with Crippen LogP contribution >= 0.6 is 23.2 Å². The molecule has 0 N–H and O–H groups in total. The van der Waals surface area contributed by atoms with Gasteiger partial charge in [-0.15, -0.1) is 0 Å². The van der Waals surface area contributed by atoms with Gasteiger partial charge in [0.25, 0.3) is 0 Å². The first-order valence-electron chi connectivity index (χ1n) is 4.35. The van der Waals surface area contributed by atoms with E-state index in [0.29, 0.717) is 0 Å². The van der Waals surface area contributed by atoms with Crippen LogP contribution in [0.3, 0.4) is 0 Å². The summed E-state index contributed by atoms with van der Waals surface area (Å²) in [5, 5.41) is 6.64. The van der Waals surface area contributed by atoms with Crippen LogP contribution in [0.5, 0.6) is 0 Å². The smallest absolute Gasteiger partial charge is 0.327 e. The Morgan fingerprint density at radius 2 is 1.78 bits per heavy atom. The maximum atomic E-state index is 13.6. The van der Waals surface area contributed by atoms with Gasteiger partial charge in [-0.25, -0.2) is 13.2 Å². The number of carbonyl (C=O) groups excluding carboxylic acids is 1. The first-order valence-corrected chi connectivity index (χ1v) is 5.11. The summed E-state index contributed by atoms with van der Waals surface area (Å²) < 4.78 is 44.4. The molecule has 8 heteroatoms. The van der Waals surface area contributed by atoms with Gasteiger partial charge < -0.3 is 4.74 Å². The lowest BCUT2D eigenvalue weighted by Gasteiger charge is -2.12. The van der Waals surface area contributed by atoms with E-state index in [1.165, 1.54) is 6.07 Å². The van der Waals surface area contributed by atoms with Crippen LogP contribution < -0.4 is 0 Å². The molecule has 0 amide bonds. The number of rotatable bonds is 2. The van der Waals surface area contributed by atoms with Crippen molar-refractivity contribution in [3.63, 3.8) is 0 Å². The van der Waals surface area contributed by atoms with Crippen molar-refractivity contribution >= 4 is 29.2 Å². The number of carbonyl (C=O) groups is 1. The summed E-state index contributed by atoms with van der Waals surface area (Å²) in [7, 11) is 0.932. The molecule has 3 nitrogen and oxygen atoms in total. The third-order valence-corrected chi connectivity index (χ3v) is 2.80. The molecule has 1 rings (SSSR count). The van der Waals surface area contributed by atoms with Crippen molar-refractivity contribution in [2.75, 3.05) is 7.11 Å². The Bertz CT molecular complexity index is 528. The van der Waals surface area contributed by atoms with Gasteiger partial charge >= 0.3 is 5.97 Å². The van der Waals surface area contributed by atoms with Gasteiger partial charge in [-0.3, -0.25) is 4.79 Å². The van der Waals surface area contributed by atoms with Crippen molar-refractivity contribution in [2.45, 2.75) is 5.92 Å². The maximum absolute atomic E-state index is 13.6. The van der Waals surface area contributed by atoms with Gasteiger partial charge in [0.2, 0.25) is 0 Å². The van der Waals surface area contributed by atoms with Crippen LogP contribution in [0.15, 0.2) is 0 Å². The van der Waals surface area contributed by atoms with Crippen LogP contribution in [0.1, 0.15) is 11.5 Å². The van der Waals surface area contributed by atoms with E-state index < -0.39 is 44.9 Å². The molecule has 1 atom stereocenters. The number of halogens is 5. The molecule has 0 bridgehead atoms. The first kappa shape index (κ1) is 14.6. The predicted octanol–water partition coefficient (Wildman–Crippen LogP) is 3.19. The highest BCUT2D eigenvalue weighted by Gasteiger charge is 2.32. The molecule has 0 radical (unpaired) electrons. The van der Waals surface area contributed by atoms with Crippen LogP contribution in [-0.2, 0) is 9.53 Å². The highest BCUT2D eigenvalue weighted by Crippen LogP contribution is 2.36. The molecule has 0 saturated carbocycles. The number of benzene rings is 1. The van der Waals surface area contributed by atoms with E-state index in [0.717, 1.165) is 7.11 Å². The lowest BCUT2D eigenvalue weighted by Crippen LogP contribution is -2.16. The number of esters is 1. The maximum Gasteiger partial charge on any atom is 0.327 e. The van der Waals surface area contributed by atoms with Gasteiger partial charge in [-0.1, -0.05) is 23.2 Å². The summed E-state index contributed by atoms with van der Waals surface area (Å²) in [5.74, 6) is -7.92. The molecule has 0 aliphatic carbocycles. The molecule has 0 aromatic heterocycles. The summed E-state index contributed by atoms with van der Waals surface area (Å²) in [6.45, 7) is 0. The van der Waals surface area contributed by atoms with Gasteiger partial charge in [0.1, 0.15) is 5.02 Å². The molecule has 0 saturated heterocycles. The number of hydrogen-bond acceptors (Lipinski definition) is 3. The molecule has 0 aliphatic heterocycles. The monoisotopic (exact) mass is 297 g/mol. The van der Waals surface area contributed by atoms with E-state index >= 15 is 0 Å². The Hall–Kier alpha value is -1.45. The number of ether oxygens (including phenoxy) is 1. The first-order chi connectivity index (χ1) is 8.36. The quantitative estimate of drug-likeness (QED) is 0.478. The fourth-order valence-electron chi connectivity index (χ4n) is 1.23. The van der Waals surface area contributed by atoms with E-state index in [2.05, 4.69) is 4.74 Å². The second kappa shape index (κ2) is 5.46. The largest absolute Gasteiger partial charge is 0.468 e. The third kappa shape index (κ3) is 2.24. The molecular formula is C10H4Cl2F3NO2. The minimum absolute atomic E-state index is 0.932. The molecule has 1 unspecified atom stereocenters. The fraction of sp³-hybridized carbons (Fsp3) is 0.200. The second-order valence-corrected chi connectivity index (χ2v) is 3.82. The lowest BCUT2D eigenvalue weighted by atomic mass is 9.99. The normalized spacial score (nSPS) is 11.8. The summed E-state index contributed by atoms with van der Waals surface area (Å²) in [6.07, 6.45) is 0. The SMILES string of the molecule is COC(=O)C(C#N)c1c(F)c(F)c(Cl)c(F)c1Cl. The van der Waals surface area contributed by atoms with Crippen LogP contribution in [-0.4, -0.2) is 13.1 Å². The number of hydrogen-bond donors (Lipinski definition) is 0. The van der Waals surface area contributed by atoms with Gasteiger partial charge in [0.05, 0.1) is 18.2 Å². The topological polar surface area (TPSA) is 50.1 Å². The standard InChI is InChI=1S/C10H4Cl2F3NO2/c1-18-10(17)3(2-16)4-5(11)8(14)6(12)9(15)7(4)13/h3H,1H3. The Morgan fingerprint density at radius 3 is 2.22 bits per heavy atom. The van der Waals surface area contributed by atoms with Crippen molar-refractivity contribution < 1.29 is 22.7 Å². The van der Waals surface area contributed by atoms with Crippen molar-refractivity contribution in [2.24, 2.45) is 0 Å². The Labute approximate surface area is 110 Å². The zero-order valence-corrected chi connectivity index (χ0v) is 10.2. The minimum Gasteiger partial charge on any atom is -0.468 e. The third-order valence-electron chi connectivity index (χ3n) is 2.10. The van der Waals surface area contributed by atoms with Crippen LogP contribution in [0, 0.1) is 28.8 Å². The minimum atomic E-state index is -1.89. The molecule has 0 aliphatic rings. The molecule has 0 fully saturated rings. The summed E-state index contributed by atoms with van der Waals surface area (Å²) in [6, 6.07) is 1.35. The average Bonchev–Trinajstić information content (AvgIpc) is 2.38. The highest BCUT2D eigenvalue weighted by atomic mass is 35.5. The second-order valence-electron chi connectivity index (χ2n) is 3.07. The molecule has 1 aromatic rings. The Balaban J connectivity index is 3.60. The zero-order valence-electron chi connectivity index (χ0n) is 8.73. The van der Waals surface area contributed by atoms with Crippen LogP contribution in [0.25, 0.3) is 0 Å². The highest BCUT2D eigenvalue weighted by molar-refractivity contribution is 6.35. The number of methoxy groups -OCH3 is 1. The average molecular weight is 298 g/mol. The summed E-state index contributed by atoms with van der Waals surface area (Å²) >= 11 is 10.6. The molecule has 18 heavy (non-hydrogen) atoms. The molecule has 96 valence electrons. The van der Waals surface area contributed by atoms with Crippen molar-refractivity contribution in [3.8, 4) is 6.07 Å². The Morgan fingerprint density at radius 1 is 1.22 bits per heavy atom. The van der Waals surface area contributed by atoms with Crippen molar-refractivity contribution in [1.29, 1.82) is 5.26 Å². The van der Waals surface area contributed by atoms with E-state index in [1.54, 1.807) is 0 Å². The van der Waals surface area contributed by atoms with Crippen LogP contribution in [0.2, 0.25) is 10.0 Å². The van der Waals surface area contributed by atoms with E-state index in [-0.39, 0.29) is 0 Å². The van der Waals surface area contributed by atoms with E-state index in [1.807, 2.05) is 0 Å². The van der Waals surface area contributed by atoms with Gasteiger partial charge in [-0.05, 0) is 0 Å². The molecule has 0 heterocycles. The van der Waals surface area contributed by atoms with Gasteiger partial charge in [0.15, 0.2) is 23.4 Å². The molecule has 1 aromatic carbocycles. The molecular weight excluding hydrogens is 294 g/mol. The van der Waals surface area contributed by atoms with Crippen LogP contribution in [0.4, 0.5) is 13.2 Å². The van der Waals surface area contributed by atoms with Crippen molar-refractivity contribution in [3.05, 3.63) is 33.1 Å².